The number of rotatable bonds is 2. The van der Waals surface area contributed by atoms with Crippen LogP contribution in [0.5, 0.6) is 0 Å². The fourth-order valence-corrected chi connectivity index (χ4v) is 3.65. The van der Waals surface area contributed by atoms with Gasteiger partial charge in [-0.25, -0.2) is 4.98 Å². The highest BCUT2D eigenvalue weighted by Crippen LogP contribution is 2.32. The predicted octanol–water partition coefficient (Wildman–Crippen LogP) is 3.59. The minimum absolute atomic E-state index is 0.790. The van der Waals surface area contributed by atoms with Crippen molar-refractivity contribution in [2.45, 2.75) is 11.8 Å². The molecule has 0 amide bonds. The molecule has 0 radical (unpaired) electrons. The van der Waals surface area contributed by atoms with Crippen LogP contribution in [-0.2, 0) is 10.8 Å². The van der Waals surface area contributed by atoms with Crippen molar-refractivity contribution in [3.63, 3.8) is 0 Å². The van der Waals surface area contributed by atoms with E-state index in [4.69, 9.17) is 5.73 Å². The Bertz CT molecular complexity index is 807. The lowest BCUT2D eigenvalue weighted by Crippen LogP contribution is -1.90. The van der Waals surface area contributed by atoms with Crippen LogP contribution in [-0.4, -0.2) is 15.4 Å². The highest BCUT2D eigenvalue weighted by molar-refractivity contribution is 7.84. The van der Waals surface area contributed by atoms with E-state index < -0.39 is 10.8 Å². The first-order valence-corrected chi connectivity index (χ1v) is 8.58. The van der Waals surface area contributed by atoms with Crippen LogP contribution in [0.3, 0.4) is 0 Å². The van der Waals surface area contributed by atoms with E-state index >= 15 is 0 Å². The van der Waals surface area contributed by atoms with Gasteiger partial charge in [-0.1, -0.05) is 12.1 Å². The van der Waals surface area contributed by atoms with Gasteiger partial charge in [-0.2, -0.15) is 0 Å². The molecule has 0 fully saturated rings. The van der Waals surface area contributed by atoms with E-state index in [1.165, 1.54) is 0 Å². The fourth-order valence-electron chi connectivity index (χ4n) is 2.22. The molecule has 20 heavy (non-hydrogen) atoms. The van der Waals surface area contributed by atoms with E-state index in [2.05, 4.69) is 4.98 Å². The summed E-state index contributed by atoms with van der Waals surface area (Å²) < 4.78 is 11.4. The summed E-state index contributed by atoms with van der Waals surface area (Å²) >= 11 is 1.56. The SMILES string of the molecule is Cc1cc(-c2ccc(S(C)=O)cc2)nc2scc(N)c12. The number of nitrogen functional groups attached to an aromatic ring is 1. The maximum atomic E-state index is 11.4. The Morgan fingerprint density at radius 3 is 2.60 bits per heavy atom. The molecular weight excluding hydrogens is 288 g/mol. The summed E-state index contributed by atoms with van der Waals surface area (Å²) in [6, 6.07) is 9.73. The molecule has 0 saturated heterocycles. The van der Waals surface area contributed by atoms with Crippen molar-refractivity contribution in [1.29, 1.82) is 0 Å². The summed E-state index contributed by atoms with van der Waals surface area (Å²) in [5, 5.41) is 2.97. The van der Waals surface area contributed by atoms with Crippen molar-refractivity contribution in [2.75, 3.05) is 12.0 Å². The standard InChI is InChI=1S/C15H14N2OS2/c1-9-7-13(17-15-14(9)12(16)8-19-15)10-3-5-11(6-4-10)20(2)18/h3-8H,16H2,1-2H3. The molecule has 1 aromatic carbocycles. The third kappa shape index (κ3) is 2.23. The fraction of sp³-hybridized carbons (Fsp3) is 0.133. The van der Waals surface area contributed by atoms with Gasteiger partial charge in [0.25, 0.3) is 0 Å². The van der Waals surface area contributed by atoms with E-state index in [9.17, 15) is 4.21 Å². The van der Waals surface area contributed by atoms with Crippen LogP contribution in [0.2, 0.25) is 0 Å². The van der Waals surface area contributed by atoms with Crippen LogP contribution in [0.25, 0.3) is 21.5 Å². The first kappa shape index (κ1) is 13.3. The highest BCUT2D eigenvalue weighted by atomic mass is 32.2. The third-order valence-electron chi connectivity index (χ3n) is 3.25. The number of hydrogen-bond acceptors (Lipinski definition) is 4. The highest BCUT2D eigenvalue weighted by Gasteiger charge is 2.09. The molecule has 3 nitrogen and oxygen atoms in total. The van der Waals surface area contributed by atoms with Crippen LogP contribution in [0.4, 0.5) is 5.69 Å². The first-order valence-electron chi connectivity index (χ1n) is 6.14. The molecule has 5 heteroatoms. The van der Waals surface area contributed by atoms with Crippen LogP contribution in [0.15, 0.2) is 40.6 Å². The number of aromatic nitrogens is 1. The molecular formula is C15H14N2OS2. The summed E-state index contributed by atoms with van der Waals surface area (Å²) in [5.74, 6) is 0. The molecule has 0 aliphatic rings. The molecule has 0 aliphatic carbocycles. The van der Waals surface area contributed by atoms with Crippen molar-refractivity contribution in [1.82, 2.24) is 4.98 Å². The average Bonchev–Trinajstić information content (AvgIpc) is 2.81. The largest absolute Gasteiger partial charge is 0.397 e. The Morgan fingerprint density at radius 2 is 1.95 bits per heavy atom. The second kappa shape index (κ2) is 5.00. The van der Waals surface area contributed by atoms with E-state index in [-0.39, 0.29) is 0 Å². The van der Waals surface area contributed by atoms with Crippen molar-refractivity contribution >= 4 is 38.0 Å². The minimum atomic E-state index is -0.952. The molecule has 3 aromatic rings. The van der Waals surface area contributed by atoms with Gasteiger partial charge in [-0.3, -0.25) is 4.21 Å². The Hall–Kier alpha value is -1.72. The number of aryl methyl sites for hydroxylation is 1. The number of thiophene rings is 1. The van der Waals surface area contributed by atoms with Gasteiger partial charge in [0.2, 0.25) is 0 Å². The first-order chi connectivity index (χ1) is 9.56. The average molecular weight is 302 g/mol. The summed E-state index contributed by atoms with van der Waals surface area (Å²) in [6.45, 7) is 2.05. The lowest BCUT2D eigenvalue weighted by atomic mass is 10.1. The molecule has 3 rings (SSSR count). The lowest BCUT2D eigenvalue weighted by Gasteiger charge is -2.05. The van der Waals surface area contributed by atoms with Gasteiger partial charge in [0, 0.05) is 38.3 Å². The number of anilines is 1. The number of fused-ring (bicyclic) bond motifs is 1. The third-order valence-corrected chi connectivity index (χ3v) is 5.08. The molecule has 0 aliphatic heterocycles. The Labute approximate surface area is 123 Å². The van der Waals surface area contributed by atoms with Gasteiger partial charge in [-0.15, -0.1) is 11.3 Å². The molecule has 0 saturated carbocycles. The summed E-state index contributed by atoms with van der Waals surface area (Å²) in [4.78, 5) is 6.45. The molecule has 2 heterocycles. The Morgan fingerprint density at radius 1 is 1.25 bits per heavy atom. The van der Waals surface area contributed by atoms with E-state index in [1.807, 2.05) is 42.6 Å². The second-order valence-corrected chi connectivity index (χ2v) is 6.91. The molecule has 1 unspecified atom stereocenters. The smallest absolute Gasteiger partial charge is 0.126 e. The van der Waals surface area contributed by atoms with Crippen LogP contribution in [0, 0.1) is 6.92 Å². The summed E-state index contributed by atoms with van der Waals surface area (Å²) in [6.07, 6.45) is 1.68. The predicted molar refractivity (Wildman–Crippen MR) is 86.5 cm³/mol. The number of hydrogen-bond donors (Lipinski definition) is 1. The minimum Gasteiger partial charge on any atom is -0.397 e. The maximum absolute atomic E-state index is 11.4. The zero-order valence-corrected chi connectivity index (χ0v) is 12.8. The number of nitrogens with zero attached hydrogens (tertiary/aromatic N) is 1. The zero-order chi connectivity index (χ0) is 14.3. The van der Waals surface area contributed by atoms with Crippen molar-refractivity contribution < 1.29 is 4.21 Å². The topological polar surface area (TPSA) is 56.0 Å². The second-order valence-electron chi connectivity index (χ2n) is 4.67. The van der Waals surface area contributed by atoms with Crippen molar-refractivity contribution in [3.8, 4) is 11.3 Å². The molecule has 1 atom stereocenters. The molecule has 2 N–H and O–H groups in total. The normalized spacial score (nSPS) is 12.7. The van der Waals surface area contributed by atoms with Crippen molar-refractivity contribution in [2.24, 2.45) is 0 Å². The van der Waals surface area contributed by atoms with Crippen LogP contribution < -0.4 is 5.73 Å². The molecule has 0 bridgehead atoms. The Kier molecular flexibility index (Phi) is 3.31. The van der Waals surface area contributed by atoms with Gasteiger partial charge in [0.15, 0.2) is 0 Å². The van der Waals surface area contributed by atoms with Gasteiger partial charge in [0.05, 0.1) is 11.4 Å². The summed E-state index contributed by atoms with van der Waals surface area (Å²) in [7, 11) is -0.952. The number of benzene rings is 1. The zero-order valence-electron chi connectivity index (χ0n) is 11.2. The van der Waals surface area contributed by atoms with E-state index in [0.29, 0.717) is 0 Å². The van der Waals surface area contributed by atoms with Gasteiger partial charge < -0.3 is 5.73 Å². The van der Waals surface area contributed by atoms with Crippen LogP contribution >= 0.6 is 11.3 Å². The molecule has 102 valence electrons. The number of nitrogens with two attached hydrogens (primary N) is 1. The van der Waals surface area contributed by atoms with Gasteiger partial charge >= 0.3 is 0 Å². The van der Waals surface area contributed by atoms with Gasteiger partial charge in [-0.05, 0) is 30.7 Å². The maximum Gasteiger partial charge on any atom is 0.126 e. The quantitative estimate of drug-likeness (QED) is 0.787. The Balaban J connectivity index is 2.12. The lowest BCUT2D eigenvalue weighted by molar-refractivity contribution is 0.687. The van der Waals surface area contributed by atoms with E-state index in [1.54, 1.807) is 17.6 Å². The summed E-state index contributed by atoms with van der Waals surface area (Å²) in [5.41, 5.74) is 9.82. The molecule has 0 spiro atoms. The van der Waals surface area contributed by atoms with Crippen molar-refractivity contribution in [3.05, 3.63) is 41.3 Å². The van der Waals surface area contributed by atoms with Gasteiger partial charge in [0.1, 0.15) is 4.83 Å². The van der Waals surface area contributed by atoms with E-state index in [0.717, 1.165) is 37.6 Å². The number of pyridine rings is 1. The molecule has 2 aromatic heterocycles. The van der Waals surface area contributed by atoms with Crippen LogP contribution in [0.1, 0.15) is 5.56 Å². The monoisotopic (exact) mass is 302 g/mol.